The van der Waals surface area contributed by atoms with Crippen LogP contribution in [0.15, 0.2) is 11.9 Å². The molecule has 0 heterocycles. The Kier molecular flexibility index (Phi) is 11.8. The number of hydrogen-bond donors (Lipinski definition) is 3. The van der Waals surface area contributed by atoms with E-state index in [4.69, 9.17) is 5.84 Å². The van der Waals surface area contributed by atoms with Crippen molar-refractivity contribution in [3.8, 4) is 0 Å². The standard InChI is InChI=1S/C13H29N3/c1-3-5-7-9-11-15-12-13(16-14)10-8-6-4-2/h12,15-16H,3-11,14H2,1-2H3/b13-12-. The lowest BCUT2D eigenvalue weighted by Gasteiger charge is -2.07. The topological polar surface area (TPSA) is 50.1 Å². The van der Waals surface area contributed by atoms with Gasteiger partial charge < -0.3 is 10.7 Å². The highest BCUT2D eigenvalue weighted by Crippen LogP contribution is 2.04. The molecular weight excluding hydrogens is 198 g/mol. The second kappa shape index (κ2) is 12.4. The van der Waals surface area contributed by atoms with Crippen LogP contribution in [0.1, 0.15) is 65.2 Å². The first-order valence-corrected chi connectivity index (χ1v) is 6.74. The quantitative estimate of drug-likeness (QED) is 0.289. The third kappa shape index (κ3) is 9.84. The zero-order valence-electron chi connectivity index (χ0n) is 11.0. The molecule has 3 heteroatoms. The molecule has 96 valence electrons. The Bertz CT molecular complexity index is 167. The zero-order chi connectivity index (χ0) is 12.1. The average Bonchev–Trinajstić information content (AvgIpc) is 2.31. The second-order valence-corrected chi connectivity index (χ2v) is 4.29. The molecule has 0 spiro atoms. The monoisotopic (exact) mass is 227 g/mol. The molecule has 0 unspecified atom stereocenters. The van der Waals surface area contributed by atoms with Crippen LogP contribution in [0.3, 0.4) is 0 Å². The molecule has 0 aromatic rings. The Morgan fingerprint density at radius 1 is 1.00 bits per heavy atom. The zero-order valence-corrected chi connectivity index (χ0v) is 11.0. The van der Waals surface area contributed by atoms with E-state index in [0.717, 1.165) is 18.7 Å². The summed E-state index contributed by atoms with van der Waals surface area (Å²) in [5.41, 5.74) is 3.88. The molecule has 0 aromatic heterocycles. The number of nitrogens with two attached hydrogens (primary N) is 1. The summed E-state index contributed by atoms with van der Waals surface area (Å²) in [6.07, 6.45) is 12.0. The van der Waals surface area contributed by atoms with Crippen molar-refractivity contribution in [2.75, 3.05) is 6.54 Å². The summed E-state index contributed by atoms with van der Waals surface area (Å²) in [5.74, 6) is 5.46. The minimum Gasteiger partial charge on any atom is -0.389 e. The van der Waals surface area contributed by atoms with E-state index in [-0.39, 0.29) is 0 Å². The molecule has 0 aliphatic heterocycles. The SMILES string of the molecule is CCCCCCN/C=C(/CCCCC)NN. The van der Waals surface area contributed by atoms with Gasteiger partial charge in [0.05, 0.1) is 0 Å². The lowest BCUT2D eigenvalue weighted by Crippen LogP contribution is -2.23. The van der Waals surface area contributed by atoms with Gasteiger partial charge in [-0.25, -0.2) is 0 Å². The number of hydrazine groups is 1. The van der Waals surface area contributed by atoms with Gasteiger partial charge in [-0.1, -0.05) is 46.0 Å². The molecule has 0 amide bonds. The molecule has 4 N–H and O–H groups in total. The van der Waals surface area contributed by atoms with Gasteiger partial charge >= 0.3 is 0 Å². The number of hydrogen-bond acceptors (Lipinski definition) is 3. The minimum absolute atomic E-state index is 1.05. The largest absolute Gasteiger partial charge is 0.389 e. The van der Waals surface area contributed by atoms with Crippen LogP contribution in [0.25, 0.3) is 0 Å². The Labute approximate surface area is 101 Å². The first-order chi connectivity index (χ1) is 7.85. The molecule has 0 rings (SSSR count). The van der Waals surface area contributed by atoms with Crippen molar-refractivity contribution in [3.63, 3.8) is 0 Å². The molecule has 0 aliphatic rings. The van der Waals surface area contributed by atoms with E-state index in [0.29, 0.717) is 0 Å². The van der Waals surface area contributed by atoms with E-state index in [9.17, 15) is 0 Å². The summed E-state index contributed by atoms with van der Waals surface area (Å²) < 4.78 is 0. The van der Waals surface area contributed by atoms with Crippen molar-refractivity contribution in [2.24, 2.45) is 5.84 Å². The predicted octanol–water partition coefficient (Wildman–Crippen LogP) is 3.04. The summed E-state index contributed by atoms with van der Waals surface area (Å²) in [5, 5.41) is 3.32. The lowest BCUT2D eigenvalue weighted by atomic mass is 10.2. The fourth-order valence-electron chi connectivity index (χ4n) is 1.60. The second-order valence-electron chi connectivity index (χ2n) is 4.29. The van der Waals surface area contributed by atoms with Gasteiger partial charge in [0.2, 0.25) is 0 Å². The van der Waals surface area contributed by atoms with Crippen LogP contribution in [0, 0.1) is 0 Å². The van der Waals surface area contributed by atoms with Crippen molar-refractivity contribution in [3.05, 3.63) is 11.9 Å². The third-order valence-electron chi connectivity index (χ3n) is 2.69. The summed E-state index contributed by atoms with van der Waals surface area (Å²) in [4.78, 5) is 0. The van der Waals surface area contributed by atoms with Crippen LogP contribution >= 0.6 is 0 Å². The van der Waals surface area contributed by atoms with Crippen molar-refractivity contribution in [1.82, 2.24) is 10.7 Å². The van der Waals surface area contributed by atoms with Crippen molar-refractivity contribution in [2.45, 2.75) is 65.2 Å². The molecule has 0 bridgehead atoms. The van der Waals surface area contributed by atoms with E-state index < -0.39 is 0 Å². The van der Waals surface area contributed by atoms with Gasteiger partial charge in [0, 0.05) is 18.4 Å². The van der Waals surface area contributed by atoms with Gasteiger partial charge in [0.15, 0.2) is 0 Å². The van der Waals surface area contributed by atoms with Crippen LogP contribution in [0.2, 0.25) is 0 Å². The molecule has 0 fully saturated rings. The third-order valence-corrected chi connectivity index (χ3v) is 2.69. The van der Waals surface area contributed by atoms with Crippen LogP contribution in [0.4, 0.5) is 0 Å². The van der Waals surface area contributed by atoms with Gasteiger partial charge in [0.25, 0.3) is 0 Å². The van der Waals surface area contributed by atoms with Crippen LogP contribution in [0.5, 0.6) is 0 Å². The Hall–Kier alpha value is -0.700. The first-order valence-electron chi connectivity index (χ1n) is 6.74. The first kappa shape index (κ1) is 15.3. The van der Waals surface area contributed by atoms with Gasteiger partial charge in [-0.3, -0.25) is 5.84 Å². The van der Waals surface area contributed by atoms with Gasteiger partial charge in [0.1, 0.15) is 0 Å². The number of nitrogens with one attached hydrogen (secondary N) is 2. The molecule has 0 aromatic carbocycles. The summed E-state index contributed by atoms with van der Waals surface area (Å²) in [7, 11) is 0. The maximum absolute atomic E-state index is 5.46. The van der Waals surface area contributed by atoms with Crippen molar-refractivity contribution in [1.29, 1.82) is 0 Å². The molecule has 16 heavy (non-hydrogen) atoms. The number of rotatable bonds is 11. The molecule has 0 atom stereocenters. The van der Waals surface area contributed by atoms with E-state index in [1.54, 1.807) is 0 Å². The van der Waals surface area contributed by atoms with E-state index in [1.807, 2.05) is 6.20 Å². The van der Waals surface area contributed by atoms with Gasteiger partial charge in [-0.15, -0.1) is 0 Å². The Morgan fingerprint density at radius 3 is 2.31 bits per heavy atom. The molecular formula is C13H29N3. The maximum Gasteiger partial charge on any atom is 0.0415 e. The minimum atomic E-state index is 1.05. The molecule has 0 saturated heterocycles. The van der Waals surface area contributed by atoms with E-state index >= 15 is 0 Å². The number of unbranched alkanes of at least 4 members (excludes halogenated alkanes) is 5. The van der Waals surface area contributed by atoms with E-state index in [1.165, 1.54) is 44.9 Å². The summed E-state index contributed by atoms with van der Waals surface area (Å²) in [6.45, 7) is 5.50. The fraction of sp³-hybridized carbons (Fsp3) is 0.846. The van der Waals surface area contributed by atoms with Crippen LogP contribution < -0.4 is 16.6 Å². The van der Waals surface area contributed by atoms with Gasteiger partial charge in [-0.2, -0.15) is 0 Å². The van der Waals surface area contributed by atoms with Gasteiger partial charge in [-0.05, 0) is 19.3 Å². The van der Waals surface area contributed by atoms with E-state index in [2.05, 4.69) is 24.6 Å². The smallest absolute Gasteiger partial charge is 0.0415 e. The molecule has 0 saturated carbocycles. The maximum atomic E-state index is 5.46. The van der Waals surface area contributed by atoms with Crippen LogP contribution in [-0.4, -0.2) is 6.54 Å². The lowest BCUT2D eigenvalue weighted by molar-refractivity contribution is 0.633. The van der Waals surface area contributed by atoms with Crippen LogP contribution in [-0.2, 0) is 0 Å². The molecule has 0 radical (unpaired) electrons. The highest BCUT2D eigenvalue weighted by Gasteiger charge is 1.94. The molecule has 3 nitrogen and oxygen atoms in total. The van der Waals surface area contributed by atoms with Crippen molar-refractivity contribution < 1.29 is 0 Å². The highest BCUT2D eigenvalue weighted by atomic mass is 15.2. The number of allylic oxidation sites excluding steroid dienone is 1. The predicted molar refractivity (Wildman–Crippen MR) is 71.7 cm³/mol. The fourth-order valence-corrected chi connectivity index (χ4v) is 1.60. The normalized spacial score (nSPS) is 11.6. The summed E-state index contributed by atoms with van der Waals surface area (Å²) >= 11 is 0. The highest BCUT2D eigenvalue weighted by molar-refractivity contribution is 4.96. The Balaban J connectivity index is 3.47. The average molecular weight is 227 g/mol. The van der Waals surface area contributed by atoms with Crippen molar-refractivity contribution >= 4 is 0 Å². The Morgan fingerprint density at radius 2 is 1.69 bits per heavy atom. The summed E-state index contributed by atoms with van der Waals surface area (Å²) in [6, 6.07) is 0. The molecule has 0 aliphatic carbocycles.